The van der Waals surface area contributed by atoms with E-state index in [4.69, 9.17) is 14.5 Å². The van der Waals surface area contributed by atoms with E-state index in [1.54, 1.807) is 0 Å². The molecule has 0 unspecified atom stereocenters. The van der Waals surface area contributed by atoms with Crippen LogP contribution in [0.25, 0.3) is 6.08 Å². The van der Waals surface area contributed by atoms with E-state index in [-0.39, 0.29) is 0 Å². The highest BCUT2D eigenvalue weighted by molar-refractivity contribution is 6.16. The van der Waals surface area contributed by atoms with E-state index >= 15 is 0 Å². The van der Waals surface area contributed by atoms with Crippen molar-refractivity contribution >= 4 is 17.7 Å². The normalized spacial score (nSPS) is 19.9. The first-order chi connectivity index (χ1) is 14.2. The van der Waals surface area contributed by atoms with Crippen LogP contribution in [0.3, 0.4) is 0 Å². The van der Waals surface area contributed by atoms with Gasteiger partial charge in [-0.3, -0.25) is 0 Å². The molecule has 3 aliphatic heterocycles. The monoisotopic (exact) mass is 394 g/mol. The topological polar surface area (TPSA) is 49.7 Å². The Morgan fingerprint density at radius 3 is 2.59 bits per heavy atom. The van der Waals surface area contributed by atoms with Crippen molar-refractivity contribution in [3.8, 4) is 5.75 Å². The number of nitrogens with zero attached hydrogens (tertiary/aromatic N) is 4. The van der Waals surface area contributed by atoms with E-state index in [9.17, 15) is 0 Å². The number of hydrogen-bond donors (Lipinski definition) is 0. The highest BCUT2D eigenvalue weighted by Gasteiger charge is 2.26. The van der Waals surface area contributed by atoms with Crippen LogP contribution in [0.4, 0.5) is 0 Å². The van der Waals surface area contributed by atoms with Gasteiger partial charge in [0, 0.05) is 32.5 Å². The van der Waals surface area contributed by atoms with E-state index < -0.39 is 0 Å². The Balaban J connectivity index is 1.36. The second kappa shape index (κ2) is 9.27. The summed E-state index contributed by atoms with van der Waals surface area (Å²) in [5.74, 6) is 3.25. The van der Waals surface area contributed by atoms with Crippen LogP contribution in [-0.4, -0.2) is 61.0 Å². The molecular weight excluding hydrogens is 364 g/mol. The van der Waals surface area contributed by atoms with Crippen molar-refractivity contribution in [2.75, 3.05) is 39.6 Å². The number of benzene rings is 1. The summed E-state index contributed by atoms with van der Waals surface area (Å²) in [5, 5.41) is 0. The molecule has 1 aromatic carbocycles. The highest BCUT2D eigenvalue weighted by Crippen LogP contribution is 2.22. The van der Waals surface area contributed by atoms with Crippen molar-refractivity contribution in [3.05, 3.63) is 47.8 Å². The average molecular weight is 395 g/mol. The fourth-order valence-corrected chi connectivity index (χ4v) is 3.67. The van der Waals surface area contributed by atoms with Gasteiger partial charge >= 0.3 is 0 Å². The molecule has 6 nitrogen and oxygen atoms in total. The van der Waals surface area contributed by atoms with Gasteiger partial charge in [0.05, 0.1) is 13.3 Å². The number of amidine groups is 2. The Morgan fingerprint density at radius 2 is 1.86 bits per heavy atom. The maximum Gasteiger partial charge on any atom is 0.160 e. The van der Waals surface area contributed by atoms with Crippen molar-refractivity contribution in [2.45, 2.75) is 26.7 Å². The van der Waals surface area contributed by atoms with Crippen molar-refractivity contribution in [2.24, 2.45) is 15.9 Å². The predicted molar refractivity (Wildman–Crippen MR) is 117 cm³/mol. The molecule has 6 heteroatoms. The average Bonchev–Trinajstić information content (AvgIpc) is 3.20. The Bertz CT molecular complexity index is 820. The van der Waals surface area contributed by atoms with Gasteiger partial charge in [0.1, 0.15) is 11.4 Å². The van der Waals surface area contributed by atoms with Crippen LogP contribution in [-0.2, 0) is 4.74 Å². The molecule has 1 fully saturated rings. The molecule has 0 radical (unpaired) electrons. The molecule has 4 rings (SSSR count). The lowest BCUT2D eigenvalue weighted by molar-refractivity contribution is 0.0497. The van der Waals surface area contributed by atoms with Crippen LogP contribution in [0.2, 0.25) is 0 Å². The minimum Gasteiger partial charge on any atom is -0.493 e. The third-order valence-corrected chi connectivity index (χ3v) is 5.56. The van der Waals surface area contributed by atoms with Crippen molar-refractivity contribution in [3.63, 3.8) is 0 Å². The van der Waals surface area contributed by atoms with Crippen LogP contribution in [0, 0.1) is 5.92 Å². The lowest BCUT2D eigenvalue weighted by Crippen LogP contribution is -2.43. The molecule has 1 aromatic rings. The number of ether oxygens (including phenoxy) is 2. The zero-order chi connectivity index (χ0) is 20.1. The SMILES string of the molecule is CCN1C=C2N=C(C=Cc3ccc(OCC4CCOCC4)cc3)N=C2N(CC)C1. The Hall–Kier alpha value is -2.60. The molecule has 0 aromatic heterocycles. The molecule has 0 bridgehead atoms. The molecule has 3 heterocycles. The van der Waals surface area contributed by atoms with Gasteiger partial charge in [-0.15, -0.1) is 0 Å². The van der Waals surface area contributed by atoms with Gasteiger partial charge in [0.2, 0.25) is 0 Å². The highest BCUT2D eigenvalue weighted by atomic mass is 16.5. The first-order valence-corrected chi connectivity index (χ1v) is 10.6. The van der Waals surface area contributed by atoms with E-state index in [0.29, 0.717) is 5.92 Å². The van der Waals surface area contributed by atoms with E-state index in [1.807, 2.05) is 18.2 Å². The molecule has 1 saturated heterocycles. The maximum atomic E-state index is 5.94. The molecule has 0 spiro atoms. The van der Waals surface area contributed by atoms with E-state index in [1.165, 1.54) is 0 Å². The number of aliphatic imine (C=N–C) groups is 2. The second-order valence-corrected chi connectivity index (χ2v) is 7.59. The summed E-state index contributed by atoms with van der Waals surface area (Å²) in [7, 11) is 0. The molecule has 154 valence electrons. The fourth-order valence-electron chi connectivity index (χ4n) is 3.67. The van der Waals surface area contributed by atoms with Crippen LogP contribution < -0.4 is 4.74 Å². The Labute approximate surface area is 173 Å². The summed E-state index contributed by atoms with van der Waals surface area (Å²) in [6.45, 7) is 9.56. The number of rotatable bonds is 7. The third kappa shape index (κ3) is 4.88. The molecule has 0 atom stereocenters. The molecule has 3 aliphatic rings. The van der Waals surface area contributed by atoms with Crippen LogP contribution >= 0.6 is 0 Å². The summed E-state index contributed by atoms with van der Waals surface area (Å²) >= 11 is 0. The van der Waals surface area contributed by atoms with Crippen LogP contribution in [0.5, 0.6) is 5.75 Å². The zero-order valence-electron chi connectivity index (χ0n) is 17.4. The quantitative estimate of drug-likeness (QED) is 0.706. The number of hydrogen-bond acceptors (Lipinski definition) is 6. The third-order valence-electron chi connectivity index (χ3n) is 5.56. The van der Waals surface area contributed by atoms with Gasteiger partial charge in [0.15, 0.2) is 11.7 Å². The smallest absolute Gasteiger partial charge is 0.160 e. The van der Waals surface area contributed by atoms with Gasteiger partial charge in [0.25, 0.3) is 0 Å². The van der Waals surface area contributed by atoms with Crippen LogP contribution in [0.15, 0.2) is 52.2 Å². The minimum absolute atomic E-state index is 0.604. The molecule has 29 heavy (non-hydrogen) atoms. The van der Waals surface area contributed by atoms with Gasteiger partial charge in [-0.1, -0.05) is 18.2 Å². The Kier molecular flexibility index (Phi) is 6.30. The summed E-state index contributed by atoms with van der Waals surface area (Å²) in [5.41, 5.74) is 2.06. The van der Waals surface area contributed by atoms with Gasteiger partial charge in [-0.25, -0.2) is 9.98 Å². The van der Waals surface area contributed by atoms with Gasteiger partial charge in [-0.2, -0.15) is 0 Å². The van der Waals surface area contributed by atoms with E-state index in [2.05, 4.69) is 53.0 Å². The molecule has 0 saturated carbocycles. The first kappa shape index (κ1) is 19.7. The fraction of sp³-hybridized carbons (Fsp3) is 0.478. The zero-order valence-corrected chi connectivity index (χ0v) is 17.4. The second-order valence-electron chi connectivity index (χ2n) is 7.59. The minimum atomic E-state index is 0.604. The summed E-state index contributed by atoms with van der Waals surface area (Å²) in [6, 6.07) is 8.20. The number of likely N-dealkylation sites (N-methyl/N-ethyl adjacent to an activating group) is 1. The van der Waals surface area contributed by atoms with Gasteiger partial charge < -0.3 is 19.3 Å². The first-order valence-electron chi connectivity index (χ1n) is 10.6. The Morgan fingerprint density at radius 1 is 1.07 bits per heavy atom. The molecule has 0 aliphatic carbocycles. The van der Waals surface area contributed by atoms with Crippen molar-refractivity contribution in [1.82, 2.24) is 9.80 Å². The number of fused-ring (bicyclic) bond motifs is 1. The van der Waals surface area contributed by atoms with Crippen LogP contribution in [0.1, 0.15) is 32.3 Å². The predicted octanol–water partition coefficient (Wildman–Crippen LogP) is 3.77. The van der Waals surface area contributed by atoms with Crippen molar-refractivity contribution < 1.29 is 9.47 Å². The maximum absolute atomic E-state index is 5.94. The van der Waals surface area contributed by atoms with Crippen molar-refractivity contribution in [1.29, 1.82) is 0 Å². The lowest BCUT2D eigenvalue weighted by Gasteiger charge is -2.33. The van der Waals surface area contributed by atoms with E-state index in [0.717, 1.165) is 81.1 Å². The molecule has 0 N–H and O–H groups in total. The standard InChI is InChI=1S/C23H30N4O2/c1-3-26-15-21-23(27(4-2)17-26)25-22(24-21)10-7-18-5-8-20(9-6-18)29-16-19-11-13-28-14-12-19/h5-10,15,19H,3-4,11-14,16-17H2,1-2H3. The molecular formula is C23H30N4O2. The van der Waals surface area contributed by atoms with Gasteiger partial charge in [-0.05, 0) is 56.4 Å². The largest absolute Gasteiger partial charge is 0.493 e. The molecule has 0 amide bonds. The lowest BCUT2D eigenvalue weighted by atomic mass is 10.0. The summed E-state index contributed by atoms with van der Waals surface area (Å²) in [4.78, 5) is 13.9. The summed E-state index contributed by atoms with van der Waals surface area (Å²) in [6.07, 6.45) is 8.32. The summed E-state index contributed by atoms with van der Waals surface area (Å²) < 4.78 is 11.3.